The molecule has 4 heterocycles. The Bertz CT molecular complexity index is 1300. The molecular formula is C24H21N5O4S2. The van der Waals surface area contributed by atoms with Gasteiger partial charge in [-0.1, -0.05) is 30.0 Å². The number of aliphatic imine (C=N–C) groups is 2. The molecule has 178 valence electrons. The second-order valence-electron chi connectivity index (χ2n) is 7.76. The van der Waals surface area contributed by atoms with E-state index in [1.807, 2.05) is 41.8 Å². The average Bonchev–Trinajstić information content (AvgIpc) is 3.63. The lowest BCUT2D eigenvalue weighted by Gasteiger charge is -2.25. The molecule has 0 spiro atoms. The first kappa shape index (κ1) is 23.1. The van der Waals surface area contributed by atoms with Crippen LogP contribution in [0.5, 0.6) is 0 Å². The fourth-order valence-corrected chi connectivity index (χ4v) is 5.13. The molecule has 2 aliphatic heterocycles. The third-order valence-corrected chi connectivity index (χ3v) is 7.15. The number of thioether (sulfide) groups is 1. The molecule has 1 aromatic carbocycles. The van der Waals surface area contributed by atoms with Crippen LogP contribution in [0.25, 0.3) is 0 Å². The van der Waals surface area contributed by atoms with Crippen molar-refractivity contribution in [3.05, 3.63) is 76.4 Å². The van der Waals surface area contributed by atoms with Gasteiger partial charge in [-0.25, -0.2) is 9.89 Å². The summed E-state index contributed by atoms with van der Waals surface area (Å²) in [6.07, 6.45) is 1.48. The number of hydrogen-bond donors (Lipinski definition) is 2. The zero-order valence-electron chi connectivity index (χ0n) is 18.5. The lowest BCUT2D eigenvalue weighted by Crippen LogP contribution is -2.42. The van der Waals surface area contributed by atoms with E-state index in [-0.39, 0.29) is 36.4 Å². The van der Waals surface area contributed by atoms with Crippen molar-refractivity contribution in [2.24, 2.45) is 9.98 Å². The standard InChI is InChI=1S/C24H21N5O4S2/c30-20(26-13-16-6-4-10-34-16)11-19-23(32)29-22(27-19)17-7-1-2-8-18(17)28-24(29)35-14-21(31)25-12-15-5-3-9-33-15/h1-10,19H,11-14H2,(H,25,31)(H,26,30). The largest absolute Gasteiger partial charge is 0.467 e. The second-order valence-corrected chi connectivity index (χ2v) is 9.73. The van der Waals surface area contributed by atoms with Gasteiger partial charge in [0.05, 0.1) is 37.2 Å². The van der Waals surface area contributed by atoms with E-state index in [9.17, 15) is 14.4 Å². The number of benzene rings is 1. The van der Waals surface area contributed by atoms with Crippen molar-refractivity contribution in [3.8, 4) is 0 Å². The topological polar surface area (TPSA) is 116 Å². The van der Waals surface area contributed by atoms with Crippen molar-refractivity contribution < 1.29 is 18.8 Å². The van der Waals surface area contributed by atoms with Gasteiger partial charge in [0.15, 0.2) is 5.17 Å². The molecule has 5 rings (SSSR count). The molecule has 11 heteroatoms. The second kappa shape index (κ2) is 10.3. The first-order valence-electron chi connectivity index (χ1n) is 10.9. The van der Waals surface area contributed by atoms with Gasteiger partial charge in [0.2, 0.25) is 11.8 Å². The number of fused-ring (bicyclic) bond motifs is 3. The van der Waals surface area contributed by atoms with Crippen molar-refractivity contribution in [1.82, 2.24) is 15.5 Å². The Hall–Kier alpha value is -3.70. The predicted octanol–water partition coefficient (Wildman–Crippen LogP) is 3.06. The molecule has 2 aromatic heterocycles. The van der Waals surface area contributed by atoms with Crippen LogP contribution in [-0.4, -0.2) is 45.4 Å². The van der Waals surface area contributed by atoms with Crippen LogP contribution in [0.3, 0.4) is 0 Å². The molecule has 35 heavy (non-hydrogen) atoms. The van der Waals surface area contributed by atoms with E-state index in [4.69, 9.17) is 4.42 Å². The Labute approximate surface area is 209 Å². The van der Waals surface area contributed by atoms with E-state index < -0.39 is 6.04 Å². The molecule has 3 amide bonds. The van der Waals surface area contributed by atoms with Gasteiger partial charge in [-0.15, -0.1) is 11.3 Å². The lowest BCUT2D eigenvalue weighted by atomic mass is 10.1. The molecule has 0 fully saturated rings. The molecule has 0 bridgehead atoms. The summed E-state index contributed by atoms with van der Waals surface area (Å²) in [4.78, 5) is 49.8. The molecule has 0 radical (unpaired) electrons. The summed E-state index contributed by atoms with van der Waals surface area (Å²) in [5.41, 5.74) is 1.38. The minimum absolute atomic E-state index is 0.0603. The zero-order chi connectivity index (χ0) is 24.2. The summed E-state index contributed by atoms with van der Waals surface area (Å²) in [6.45, 7) is 0.690. The fourth-order valence-electron chi connectivity index (χ4n) is 3.66. The van der Waals surface area contributed by atoms with Crippen LogP contribution in [0.15, 0.2) is 74.6 Å². The Morgan fingerprint density at radius 2 is 1.91 bits per heavy atom. The van der Waals surface area contributed by atoms with Crippen molar-refractivity contribution >= 4 is 57.5 Å². The molecule has 0 aliphatic carbocycles. The number of furan rings is 1. The highest BCUT2D eigenvalue weighted by atomic mass is 32.2. The van der Waals surface area contributed by atoms with Crippen LogP contribution in [0.1, 0.15) is 22.6 Å². The van der Waals surface area contributed by atoms with Gasteiger partial charge < -0.3 is 15.1 Å². The number of rotatable bonds is 8. The van der Waals surface area contributed by atoms with Crippen LogP contribution < -0.4 is 10.6 Å². The molecule has 2 N–H and O–H groups in total. The molecule has 0 saturated heterocycles. The SMILES string of the molecule is O=C(CSC1=Nc2ccccc2C2=NC(CC(=O)NCc3cccs3)C(=O)N12)NCc1ccco1. The summed E-state index contributed by atoms with van der Waals surface area (Å²) < 4.78 is 5.22. The number of amides is 3. The highest BCUT2D eigenvalue weighted by Crippen LogP contribution is 2.34. The summed E-state index contributed by atoms with van der Waals surface area (Å²) in [6, 6.07) is 13.9. The van der Waals surface area contributed by atoms with Crippen molar-refractivity contribution in [1.29, 1.82) is 0 Å². The van der Waals surface area contributed by atoms with Crippen LogP contribution in [0, 0.1) is 0 Å². The first-order valence-corrected chi connectivity index (χ1v) is 12.8. The van der Waals surface area contributed by atoms with Gasteiger partial charge in [-0.3, -0.25) is 19.4 Å². The maximum Gasteiger partial charge on any atom is 0.259 e. The molecular weight excluding hydrogens is 486 g/mol. The highest BCUT2D eigenvalue weighted by Gasteiger charge is 2.42. The number of para-hydroxylation sites is 1. The normalized spacial score (nSPS) is 16.3. The van der Waals surface area contributed by atoms with E-state index in [0.29, 0.717) is 34.6 Å². The molecule has 3 aromatic rings. The quantitative estimate of drug-likeness (QED) is 0.486. The summed E-state index contributed by atoms with van der Waals surface area (Å²) in [7, 11) is 0. The molecule has 9 nitrogen and oxygen atoms in total. The van der Waals surface area contributed by atoms with Crippen LogP contribution in [0.4, 0.5) is 5.69 Å². The molecule has 1 atom stereocenters. The number of carbonyl (C=O) groups excluding carboxylic acids is 3. The number of amidine groups is 2. The van der Waals surface area contributed by atoms with E-state index in [0.717, 1.165) is 16.6 Å². The van der Waals surface area contributed by atoms with Crippen molar-refractivity contribution in [2.45, 2.75) is 25.6 Å². The monoisotopic (exact) mass is 507 g/mol. The summed E-state index contributed by atoms with van der Waals surface area (Å²) >= 11 is 2.70. The predicted molar refractivity (Wildman–Crippen MR) is 135 cm³/mol. The fraction of sp³-hybridized carbons (Fsp3) is 0.208. The number of nitrogens with zero attached hydrogens (tertiary/aromatic N) is 3. The zero-order valence-corrected chi connectivity index (χ0v) is 20.1. The Kier molecular flexibility index (Phi) is 6.77. The highest BCUT2D eigenvalue weighted by molar-refractivity contribution is 8.14. The lowest BCUT2D eigenvalue weighted by molar-refractivity contribution is -0.128. The number of thiophene rings is 1. The minimum atomic E-state index is -0.849. The van der Waals surface area contributed by atoms with E-state index in [1.165, 1.54) is 4.90 Å². The van der Waals surface area contributed by atoms with Gasteiger partial charge >= 0.3 is 0 Å². The van der Waals surface area contributed by atoms with Gasteiger partial charge in [0.1, 0.15) is 17.6 Å². The van der Waals surface area contributed by atoms with E-state index >= 15 is 0 Å². The number of carbonyl (C=O) groups is 3. The van der Waals surface area contributed by atoms with Gasteiger partial charge in [0.25, 0.3) is 5.91 Å². The van der Waals surface area contributed by atoms with Crippen LogP contribution in [-0.2, 0) is 27.5 Å². The maximum absolute atomic E-state index is 13.3. The Balaban J connectivity index is 1.27. The molecule has 0 saturated carbocycles. The van der Waals surface area contributed by atoms with Gasteiger partial charge in [-0.2, -0.15) is 0 Å². The Morgan fingerprint density at radius 1 is 1.06 bits per heavy atom. The summed E-state index contributed by atoms with van der Waals surface area (Å²) in [5.74, 6) is 0.361. The molecule has 1 unspecified atom stereocenters. The van der Waals surface area contributed by atoms with Gasteiger partial charge in [-0.05, 0) is 35.7 Å². The van der Waals surface area contributed by atoms with Crippen LogP contribution >= 0.6 is 23.1 Å². The third kappa shape index (κ3) is 5.20. The average molecular weight is 508 g/mol. The molecule has 2 aliphatic rings. The maximum atomic E-state index is 13.3. The smallest absolute Gasteiger partial charge is 0.259 e. The number of nitrogens with one attached hydrogen (secondary N) is 2. The minimum Gasteiger partial charge on any atom is -0.467 e. The first-order chi connectivity index (χ1) is 17.1. The van der Waals surface area contributed by atoms with E-state index in [2.05, 4.69) is 20.6 Å². The Morgan fingerprint density at radius 3 is 2.71 bits per heavy atom. The third-order valence-electron chi connectivity index (χ3n) is 5.34. The number of hydrogen-bond acceptors (Lipinski definition) is 8. The van der Waals surface area contributed by atoms with Crippen LogP contribution in [0.2, 0.25) is 0 Å². The van der Waals surface area contributed by atoms with E-state index in [1.54, 1.807) is 29.7 Å². The van der Waals surface area contributed by atoms with Crippen molar-refractivity contribution in [2.75, 3.05) is 5.75 Å². The van der Waals surface area contributed by atoms with Gasteiger partial charge in [0, 0.05) is 10.4 Å². The summed E-state index contributed by atoms with van der Waals surface area (Å²) in [5, 5.41) is 7.93. The van der Waals surface area contributed by atoms with Crippen molar-refractivity contribution in [3.63, 3.8) is 0 Å².